The van der Waals surface area contributed by atoms with Gasteiger partial charge in [-0.25, -0.2) is 8.42 Å². The zero-order chi connectivity index (χ0) is 18.5. The van der Waals surface area contributed by atoms with Crippen molar-refractivity contribution >= 4 is 21.4 Å². The lowest BCUT2D eigenvalue weighted by Crippen LogP contribution is -2.31. The molecular formula is C16H19N5O3S2. The SMILES string of the molecule is Cc1noc(C2CCCN2S(=O)(=O)c2cc(-c3cc(C)[nH]n3)sc2C)n1. The van der Waals surface area contributed by atoms with Crippen LogP contribution < -0.4 is 0 Å². The molecule has 0 saturated carbocycles. The van der Waals surface area contributed by atoms with Crippen molar-refractivity contribution in [2.75, 3.05) is 6.54 Å². The number of aryl methyl sites for hydroxylation is 3. The molecule has 26 heavy (non-hydrogen) atoms. The summed E-state index contributed by atoms with van der Waals surface area (Å²) in [6, 6.07) is 3.21. The molecule has 0 aliphatic carbocycles. The van der Waals surface area contributed by atoms with E-state index < -0.39 is 16.1 Å². The highest BCUT2D eigenvalue weighted by atomic mass is 32.2. The Morgan fingerprint density at radius 1 is 1.31 bits per heavy atom. The lowest BCUT2D eigenvalue weighted by Gasteiger charge is -2.21. The highest BCUT2D eigenvalue weighted by molar-refractivity contribution is 7.89. The van der Waals surface area contributed by atoms with Crippen LogP contribution in [0.25, 0.3) is 10.6 Å². The number of rotatable bonds is 4. The van der Waals surface area contributed by atoms with Crippen molar-refractivity contribution in [2.24, 2.45) is 0 Å². The van der Waals surface area contributed by atoms with Crippen molar-refractivity contribution in [1.29, 1.82) is 0 Å². The average molecular weight is 393 g/mol. The molecule has 0 radical (unpaired) electrons. The molecule has 1 unspecified atom stereocenters. The van der Waals surface area contributed by atoms with Crippen LogP contribution in [0.1, 0.15) is 41.2 Å². The van der Waals surface area contributed by atoms with Crippen LogP contribution in [0, 0.1) is 20.8 Å². The molecule has 4 heterocycles. The summed E-state index contributed by atoms with van der Waals surface area (Å²) in [4.78, 5) is 6.13. The lowest BCUT2D eigenvalue weighted by atomic mass is 10.2. The van der Waals surface area contributed by atoms with Gasteiger partial charge in [-0.2, -0.15) is 14.4 Å². The van der Waals surface area contributed by atoms with Gasteiger partial charge in [0.1, 0.15) is 11.7 Å². The first-order chi connectivity index (χ1) is 12.4. The van der Waals surface area contributed by atoms with E-state index in [0.29, 0.717) is 29.6 Å². The van der Waals surface area contributed by atoms with Gasteiger partial charge in [0.2, 0.25) is 15.9 Å². The second kappa shape index (κ2) is 6.29. The van der Waals surface area contributed by atoms with E-state index in [9.17, 15) is 8.42 Å². The minimum Gasteiger partial charge on any atom is -0.338 e. The largest absolute Gasteiger partial charge is 0.338 e. The van der Waals surface area contributed by atoms with Crippen LogP contribution in [0.3, 0.4) is 0 Å². The molecule has 0 spiro atoms. The summed E-state index contributed by atoms with van der Waals surface area (Å²) in [5, 5.41) is 10.9. The summed E-state index contributed by atoms with van der Waals surface area (Å²) in [6.07, 6.45) is 1.44. The molecule has 3 aromatic rings. The zero-order valence-electron chi connectivity index (χ0n) is 14.7. The third-order valence-electron chi connectivity index (χ3n) is 4.45. The second-order valence-electron chi connectivity index (χ2n) is 6.42. The monoisotopic (exact) mass is 393 g/mol. The van der Waals surface area contributed by atoms with Crippen molar-refractivity contribution < 1.29 is 12.9 Å². The Labute approximate surface area is 155 Å². The maximum atomic E-state index is 13.3. The molecule has 1 fully saturated rings. The molecule has 0 aromatic carbocycles. The Kier molecular flexibility index (Phi) is 4.20. The van der Waals surface area contributed by atoms with Gasteiger partial charge in [-0.15, -0.1) is 11.3 Å². The third kappa shape index (κ3) is 2.87. The predicted molar refractivity (Wildman–Crippen MR) is 96.3 cm³/mol. The minimum absolute atomic E-state index is 0.321. The van der Waals surface area contributed by atoms with Crippen LogP contribution >= 0.6 is 11.3 Å². The summed E-state index contributed by atoms with van der Waals surface area (Å²) in [6.45, 7) is 5.90. The number of sulfonamides is 1. The molecule has 1 aliphatic rings. The Bertz CT molecular complexity index is 1050. The smallest absolute Gasteiger partial charge is 0.245 e. The van der Waals surface area contributed by atoms with Gasteiger partial charge in [0.25, 0.3) is 0 Å². The van der Waals surface area contributed by atoms with Crippen molar-refractivity contribution in [3.05, 3.63) is 34.4 Å². The number of nitrogens with one attached hydrogen (secondary N) is 1. The molecule has 1 N–H and O–H groups in total. The molecule has 10 heteroatoms. The van der Waals surface area contributed by atoms with Gasteiger partial charge in [0.15, 0.2) is 5.82 Å². The summed E-state index contributed by atoms with van der Waals surface area (Å²) in [5.41, 5.74) is 1.68. The predicted octanol–water partition coefficient (Wildman–Crippen LogP) is 2.97. The summed E-state index contributed by atoms with van der Waals surface area (Å²) in [7, 11) is -3.66. The number of hydrogen-bond acceptors (Lipinski definition) is 7. The van der Waals surface area contributed by atoms with Crippen molar-refractivity contribution in [2.45, 2.75) is 44.6 Å². The molecular weight excluding hydrogens is 374 g/mol. The maximum Gasteiger partial charge on any atom is 0.245 e. The van der Waals surface area contributed by atoms with Crippen LogP contribution in [-0.2, 0) is 10.0 Å². The molecule has 1 aliphatic heterocycles. The molecule has 3 aromatic heterocycles. The molecule has 1 atom stereocenters. The Hall–Kier alpha value is -2.04. The summed E-state index contributed by atoms with van der Waals surface area (Å²) in [5.74, 6) is 0.867. The number of nitrogens with zero attached hydrogens (tertiary/aromatic N) is 4. The van der Waals surface area contributed by atoms with Crippen LogP contribution in [0.15, 0.2) is 21.6 Å². The Morgan fingerprint density at radius 2 is 2.12 bits per heavy atom. The van der Waals surface area contributed by atoms with Gasteiger partial charge in [0, 0.05) is 17.1 Å². The summed E-state index contributed by atoms with van der Waals surface area (Å²) < 4.78 is 33.3. The molecule has 0 amide bonds. The van der Waals surface area contributed by atoms with Crippen molar-refractivity contribution in [3.8, 4) is 10.6 Å². The molecule has 0 bridgehead atoms. The highest BCUT2D eigenvalue weighted by Crippen LogP contribution is 2.40. The van der Waals surface area contributed by atoms with E-state index in [0.717, 1.165) is 27.6 Å². The molecule has 1 saturated heterocycles. The first-order valence-electron chi connectivity index (χ1n) is 8.31. The van der Waals surface area contributed by atoms with E-state index in [-0.39, 0.29) is 0 Å². The first kappa shape index (κ1) is 17.4. The Morgan fingerprint density at radius 3 is 2.77 bits per heavy atom. The van der Waals surface area contributed by atoms with E-state index in [2.05, 4.69) is 20.3 Å². The topological polar surface area (TPSA) is 105 Å². The lowest BCUT2D eigenvalue weighted by molar-refractivity contribution is 0.289. The molecule has 8 nitrogen and oxygen atoms in total. The Balaban J connectivity index is 1.71. The summed E-state index contributed by atoms with van der Waals surface area (Å²) >= 11 is 1.43. The molecule has 4 rings (SSSR count). The van der Waals surface area contributed by atoms with Gasteiger partial charge in [-0.05, 0) is 45.7 Å². The fourth-order valence-corrected chi connectivity index (χ4v) is 6.41. The molecule has 138 valence electrons. The van der Waals surface area contributed by atoms with Gasteiger partial charge in [0.05, 0.1) is 9.77 Å². The van der Waals surface area contributed by atoms with Crippen molar-refractivity contribution in [3.63, 3.8) is 0 Å². The van der Waals surface area contributed by atoms with E-state index in [1.54, 1.807) is 13.0 Å². The van der Waals surface area contributed by atoms with Crippen LogP contribution in [0.5, 0.6) is 0 Å². The fraction of sp³-hybridized carbons (Fsp3) is 0.438. The van der Waals surface area contributed by atoms with Crippen LogP contribution in [0.2, 0.25) is 0 Å². The van der Waals surface area contributed by atoms with Crippen molar-refractivity contribution in [1.82, 2.24) is 24.6 Å². The standard InChI is InChI=1S/C16H19N5O3S2/c1-9-7-12(19-18-9)14-8-15(10(2)25-14)26(22,23)21-6-4-5-13(21)16-17-11(3)20-24-16/h7-8,13H,4-6H2,1-3H3,(H,18,19). The van der Waals surface area contributed by atoms with Gasteiger partial charge >= 0.3 is 0 Å². The zero-order valence-corrected chi connectivity index (χ0v) is 16.3. The number of thiophene rings is 1. The number of aromatic amines is 1. The van der Waals surface area contributed by atoms with Gasteiger partial charge < -0.3 is 4.52 Å². The van der Waals surface area contributed by atoms with E-state index in [1.165, 1.54) is 15.6 Å². The third-order valence-corrected chi connectivity index (χ3v) is 7.69. The first-order valence-corrected chi connectivity index (χ1v) is 10.6. The van der Waals surface area contributed by atoms with Crippen LogP contribution in [0.4, 0.5) is 0 Å². The highest BCUT2D eigenvalue weighted by Gasteiger charge is 2.40. The quantitative estimate of drug-likeness (QED) is 0.730. The minimum atomic E-state index is -3.66. The number of aromatic nitrogens is 4. The van der Waals surface area contributed by atoms with Gasteiger partial charge in [-0.1, -0.05) is 5.16 Å². The maximum absolute atomic E-state index is 13.3. The van der Waals surface area contributed by atoms with E-state index in [1.807, 2.05) is 19.9 Å². The number of hydrogen-bond donors (Lipinski definition) is 1. The normalized spacial score (nSPS) is 18.7. The second-order valence-corrected chi connectivity index (χ2v) is 9.54. The van der Waals surface area contributed by atoms with E-state index in [4.69, 9.17) is 4.52 Å². The number of H-pyrrole nitrogens is 1. The van der Waals surface area contributed by atoms with E-state index >= 15 is 0 Å². The van der Waals surface area contributed by atoms with Gasteiger partial charge in [-0.3, -0.25) is 5.10 Å². The fourth-order valence-electron chi connectivity index (χ4n) is 3.24. The van der Waals surface area contributed by atoms with Crippen LogP contribution in [-0.4, -0.2) is 39.6 Å². The average Bonchev–Trinajstić information content (AvgIpc) is 3.32.